The van der Waals surface area contributed by atoms with Gasteiger partial charge in [0.25, 0.3) is 0 Å². The number of hydrogen-bond donors (Lipinski definition) is 2. The highest BCUT2D eigenvalue weighted by Crippen LogP contribution is 2.23. The van der Waals surface area contributed by atoms with Crippen LogP contribution in [-0.4, -0.2) is 25.8 Å². The van der Waals surface area contributed by atoms with Gasteiger partial charge in [-0.1, -0.05) is 12.5 Å². The molecular formula is C12H19N3O2S. The maximum atomic E-state index is 12.2. The number of rotatable bonds is 3. The van der Waals surface area contributed by atoms with Crippen LogP contribution in [0.25, 0.3) is 0 Å². The van der Waals surface area contributed by atoms with Crippen molar-refractivity contribution in [2.75, 3.05) is 23.5 Å². The molecule has 5 nitrogen and oxygen atoms in total. The minimum Gasteiger partial charge on any atom is -0.397 e. The van der Waals surface area contributed by atoms with Crippen molar-refractivity contribution in [1.29, 1.82) is 0 Å². The molecule has 1 fully saturated rings. The maximum Gasteiger partial charge on any atom is 0.301 e. The zero-order chi connectivity index (χ0) is 13.2. The first-order valence-electron chi connectivity index (χ1n) is 6.13. The van der Waals surface area contributed by atoms with Gasteiger partial charge in [-0.3, -0.25) is 4.72 Å². The van der Waals surface area contributed by atoms with Crippen LogP contribution in [0.3, 0.4) is 0 Å². The molecule has 3 N–H and O–H groups in total. The lowest BCUT2D eigenvalue weighted by molar-refractivity contribution is 0.349. The summed E-state index contributed by atoms with van der Waals surface area (Å²) in [7, 11) is -3.47. The molecule has 0 bridgehead atoms. The van der Waals surface area contributed by atoms with E-state index in [9.17, 15) is 8.42 Å². The van der Waals surface area contributed by atoms with Crippen LogP contribution in [0, 0.1) is 6.92 Å². The Morgan fingerprint density at radius 2 is 1.89 bits per heavy atom. The molecule has 1 saturated heterocycles. The molecule has 0 saturated carbocycles. The molecule has 18 heavy (non-hydrogen) atoms. The number of nitrogens with two attached hydrogens (primary N) is 1. The minimum absolute atomic E-state index is 0.446. The van der Waals surface area contributed by atoms with E-state index in [0.717, 1.165) is 24.8 Å². The molecule has 6 heteroatoms. The van der Waals surface area contributed by atoms with Crippen molar-refractivity contribution in [2.45, 2.75) is 26.2 Å². The molecular weight excluding hydrogens is 250 g/mol. The first-order chi connectivity index (χ1) is 8.49. The van der Waals surface area contributed by atoms with Gasteiger partial charge in [-0.2, -0.15) is 12.7 Å². The molecule has 0 atom stereocenters. The summed E-state index contributed by atoms with van der Waals surface area (Å²) in [6.07, 6.45) is 2.94. The lowest BCUT2D eigenvalue weighted by Crippen LogP contribution is -2.39. The molecule has 1 aromatic rings. The number of anilines is 2. The normalized spacial score (nSPS) is 17.6. The molecule has 100 valence electrons. The van der Waals surface area contributed by atoms with Gasteiger partial charge in [0.05, 0.1) is 11.4 Å². The fourth-order valence-corrected chi connectivity index (χ4v) is 3.39. The first-order valence-corrected chi connectivity index (χ1v) is 7.57. The summed E-state index contributed by atoms with van der Waals surface area (Å²) in [5, 5.41) is 0. The van der Waals surface area contributed by atoms with Crippen molar-refractivity contribution >= 4 is 21.6 Å². The summed E-state index contributed by atoms with van der Waals surface area (Å²) in [5.74, 6) is 0. The van der Waals surface area contributed by atoms with Crippen LogP contribution in [0.1, 0.15) is 24.8 Å². The smallest absolute Gasteiger partial charge is 0.301 e. The first kappa shape index (κ1) is 13.2. The fraction of sp³-hybridized carbons (Fsp3) is 0.500. The van der Waals surface area contributed by atoms with Gasteiger partial charge < -0.3 is 5.73 Å². The predicted octanol–water partition coefficient (Wildman–Crippen LogP) is 1.72. The summed E-state index contributed by atoms with van der Waals surface area (Å²) in [4.78, 5) is 0. The highest BCUT2D eigenvalue weighted by atomic mass is 32.2. The third-order valence-corrected chi connectivity index (χ3v) is 4.63. The molecule has 1 aliphatic heterocycles. The molecule has 0 radical (unpaired) electrons. The Morgan fingerprint density at radius 1 is 1.22 bits per heavy atom. The van der Waals surface area contributed by atoms with E-state index in [1.54, 1.807) is 12.1 Å². The largest absolute Gasteiger partial charge is 0.397 e. The maximum absolute atomic E-state index is 12.2. The predicted molar refractivity (Wildman–Crippen MR) is 73.6 cm³/mol. The molecule has 0 amide bonds. The Kier molecular flexibility index (Phi) is 3.77. The highest BCUT2D eigenvalue weighted by molar-refractivity contribution is 7.90. The Morgan fingerprint density at radius 3 is 2.56 bits per heavy atom. The van der Waals surface area contributed by atoms with Crippen LogP contribution in [0.5, 0.6) is 0 Å². The van der Waals surface area contributed by atoms with Gasteiger partial charge in [0, 0.05) is 13.1 Å². The molecule has 0 aliphatic carbocycles. The summed E-state index contributed by atoms with van der Waals surface area (Å²) >= 11 is 0. The molecule has 1 aromatic carbocycles. The van der Waals surface area contributed by atoms with Crippen molar-refractivity contribution in [3.05, 3.63) is 23.8 Å². The second-order valence-corrected chi connectivity index (χ2v) is 6.33. The summed E-state index contributed by atoms with van der Waals surface area (Å²) in [6.45, 7) is 3.07. The average molecular weight is 269 g/mol. The molecule has 1 aliphatic rings. The topological polar surface area (TPSA) is 75.4 Å². The summed E-state index contributed by atoms with van der Waals surface area (Å²) in [6, 6.07) is 5.31. The number of nitrogen functional groups attached to an aromatic ring is 1. The monoisotopic (exact) mass is 269 g/mol. The quantitative estimate of drug-likeness (QED) is 0.820. The Hall–Kier alpha value is -1.27. The van der Waals surface area contributed by atoms with E-state index in [1.807, 2.05) is 13.0 Å². The third kappa shape index (κ3) is 2.94. The van der Waals surface area contributed by atoms with E-state index in [0.29, 0.717) is 24.5 Å². The van der Waals surface area contributed by atoms with E-state index in [1.165, 1.54) is 4.31 Å². The van der Waals surface area contributed by atoms with Gasteiger partial charge in [0.15, 0.2) is 0 Å². The van der Waals surface area contributed by atoms with Crippen LogP contribution < -0.4 is 10.5 Å². The SMILES string of the molecule is Cc1ccc(N)c(NS(=O)(=O)N2CCCCC2)c1. The van der Waals surface area contributed by atoms with Gasteiger partial charge in [0.2, 0.25) is 0 Å². The Labute approximate surface area is 108 Å². The zero-order valence-electron chi connectivity index (χ0n) is 10.5. The van der Waals surface area contributed by atoms with Gasteiger partial charge in [0.1, 0.15) is 0 Å². The number of nitrogens with one attached hydrogen (secondary N) is 1. The number of piperidine rings is 1. The van der Waals surface area contributed by atoms with Crippen molar-refractivity contribution in [1.82, 2.24) is 4.31 Å². The van der Waals surface area contributed by atoms with Crippen molar-refractivity contribution in [3.8, 4) is 0 Å². The average Bonchev–Trinajstić information content (AvgIpc) is 2.35. The van der Waals surface area contributed by atoms with Crippen LogP contribution in [0.2, 0.25) is 0 Å². The van der Waals surface area contributed by atoms with Crippen molar-refractivity contribution in [3.63, 3.8) is 0 Å². The van der Waals surface area contributed by atoms with Crippen LogP contribution in [0.4, 0.5) is 11.4 Å². The lowest BCUT2D eigenvalue weighted by atomic mass is 10.2. The van der Waals surface area contributed by atoms with E-state index in [2.05, 4.69) is 4.72 Å². The fourth-order valence-electron chi connectivity index (χ4n) is 2.07. The zero-order valence-corrected chi connectivity index (χ0v) is 11.3. The number of nitrogens with zero attached hydrogens (tertiary/aromatic N) is 1. The van der Waals surface area contributed by atoms with Gasteiger partial charge >= 0.3 is 10.2 Å². The lowest BCUT2D eigenvalue weighted by Gasteiger charge is -2.26. The second kappa shape index (κ2) is 5.16. The van der Waals surface area contributed by atoms with Crippen molar-refractivity contribution < 1.29 is 8.42 Å². The van der Waals surface area contributed by atoms with Gasteiger partial charge in [-0.15, -0.1) is 0 Å². The number of hydrogen-bond acceptors (Lipinski definition) is 3. The standard InChI is InChI=1S/C12H19N3O2S/c1-10-5-6-11(13)12(9-10)14-18(16,17)15-7-3-2-4-8-15/h5-6,9,14H,2-4,7-8,13H2,1H3. The molecule has 1 heterocycles. The van der Waals surface area contributed by atoms with Crippen molar-refractivity contribution in [2.24, 2.45) is 0 Å². The summed E-state index contributed by atoms with van der Waals surface area (Å²) in [5.41, 5.74) is 7.66. The Balaban J connectivity index is 2.18. The second-order valence-electron chi connectivity index (χ2n) is 4.66. The van der Waals surface area contributed by atoms with E-state index < -0.39 is 10.2 Å². The highest BCUT2D eigenvalue weighted by Gasteiger charge is 2.24. The van der Waals surface area contributed by atoms with Crippen LogP contribution in [0.15, 0.2) is 18.2 Å². The molecule has 0 aromatic heterocycles. The number of benzene rings is 1. The number of aryl methyl sites for hydroxylation is 1. The van der Waals surface area contributed by atoms with Crippen LogP contribution in [-0.2, 0) is 10.2 Å². The molecule has 2 rings (SSSR count). The van der Waals surface area contributed by atoms with Gasteiger partial charge in [-0.05, 0) is 37.5 Å². The molecule has 0 spiro atoms. The van der Waals surface area contributed by atoms with E-state index >= 15 is 0 Å². The summed E-state index contributed by atoms with van der Waals surface area (Å²) < 4.78 is 28.4. The Bertz CT molecular complexity index is 522. The minimum atomic E-state index is -3.47. The van der Waals surface area contributed by atoms with Crippen LogP contribution >= 0.6 is 0 Å². The van der Waals surface area contributed by atoms with E-state index in [4.69, 9.17) is 5.73 Å². The third-order valence-electron chi connectivity index (χ3n) is 3.10. The molecule has 0 unspecified atom stereocenters. The van der Waals surface area contributed by atoms with E-state index in [-0.39, 0.29) is 0 Å². The van der Waals surface area contributed by atoms with Gasteiger partial charge in [-0.25, -0.2) is 0 Å².